The van der Waals surface area contributed by atoms with Crippen LogP contribution in [-0.2, 0) is 4.79 Å². The molecular weight excluding hydrogens is 116 g/mol. The first-order valence-corrected chi connectivity index (χ1v) is 2.86. The van der Waals surface area contributed by atoms with Crippen molar-refractivity contribution in [1.82, 2.24) is 5.73 Å². The van der Waals surface area contributed by atoms with Gasteiger partial charge >= 0.3 is 0 Å². The van der Waals surface area contributed by atoms with Gasteiger partial charge in [0, 0.05) is 0 Å². The van der Waals surface area contributed by atoms with Crippen LogP contribution >= 0.6 is 0 Å². The summed E-state index contributed by atoms with van der Waals surface area (Å²) in [7, 11) is 0. The van der Waals surface area contributed by atoms with Gasteiger partial charge in [0.1, 0.15) is 0 Å². The molecule has 1 amide bonds. The third-order valence-corrected chi connectivity index (χ3v) is 1.22. The summed E-state index contributed by atoms with van der Waals surface area (Å²) in [4.78, 5) is 10.3. The summed E-state index contributed by atoms with van der Waals surface area (Å²) < 4.78 is 0. The van der Waals surface area contributed by atoms with E-state index in [1.807, 2.05) is 20.8 Å². The van der Waals surface area contributed by atoms with Gasteiger partial charge in [-0.05, 0) is 5.41 Å². The van der Waals surface area contributed by atoms with Crippen LogP contribution in [-0.4, -0.2) is 11.9 Å². The molecule has 0 aromatic carbocycles. The van der Waals surface area contributed by atoms with Gasteiger partial charge in [-0.2, -0.15) is 0 Å². The van der Waals surface area contributed by atoms with Gasteiger partial charge in [0.05, 0.1) is 6.04 Å². The number of amides is 1. The molecule has 0 rings (SSSR count). The second-order valence-electron chi connectivity index (χ2n) is 3.21. The van der Waals surface area contributed by atoms with E-state index in [9.17, 15) is 4.79 Å². The van der Waals surface area contributed by atoms with E-state index in [1.54, 1.807) is 0 Å². The van der Waals surface area contributed by atoms with Crippen molar-refractivity contribution in [3.63, 3.8) is 0 Å². The SMILES string of the molecule is CC(C)(C)C(N)C([NH])=O. The molecule has 1 unspecified atom stereocenters. The smallest absolute Gasteiger partial charge is 0.255 e. The molecule has 9 heavy (non-hydrogen) atoms. The highest BCUT2D eigenvalue weighted by atomic mass is 16.1. The van der Waals surface area contributed by atoms with Crippen molar-refractivity contribution in [3.05, 3.63) is 0 Å². The Kier molecular flexibility index (Phi) is 2.20. The maximum Gasteiger partial charge on any atom is 0.255 e. The second kappa shape index (κ2) is 2.35. The van der Waals surface area contributed by atoms with Crippen LogP contribution in [0.25, 0.3) is 0 Å². The molecule has 3 heteroatoms. The van der Waals surface area contributed by atoms with Gasteiger partial charge in [-0.25, -0.2) is 0 Å². The lowest BCUT2D eigenvalue weighted by Crippen LogP contribution is -2.42. The number of nitrogens with two attached hydrogens (primary N) is 1. The first-order valence-electron chi connectivity index (χ1n) is 2.86. The van der Waals surface area contributed by atoms with E-state index in [-0.39, 0.29) is 5.41 Å². The van der Waals surface area contributed by atoms with E-state index in [2.05, 4.69) is 0 Å². The highest BCUT2D eigenvalue weighted by molar-refractivity contribution is 5.79. The highest BCUT2D eigenvalue weighted by Crippen LogP contribution is 2.16. The Balaban J connectivity index is 4.04. The molecular formula is C6H13N2O. The quantitative estimate of drug-likeness (QED) is 0.548. The van der Waals surface area contributed by atoms with Crippen LogP contribution in [0.1, 0.15) is 20.8 Å². The largest absolute Gasteiger partial charge is 0.319 e. The van der Waals surface area contributed by atoms with Crippen molar-refractivity contribution in [2.24, 2.45) is 11.1 Å². The average molecular weight is 129 g/mol. The van der Waals surface area contributed by atoms with Crippen molar-refractivity contribution >= 4 is 5.91 Å². The van der Waals surface area contributed by atoms with Crippen molar-refractivity contribution < 1.29 is 4.79 Å². The summed E-state index contributed by atoms with van der Waals surface area (Å²) in [5, 5.41) is 0. The van der Waals surface area contributed by atoms with Gasteiger partial charge in [0.2, 0.25) is 0 Å². The minimum Gasteiger partial charge on any atom is -0.319 e. The molecule has 53 valence electrons. The zero-order valence-corrected chi connectivity index (χ0v) is 6.06. The van der Waals surface area contributed by atoms with E-state index in [0.29, 0.717) is 0 Å². The van der Waals surface area contributed by atoms with Gasteiger partial charge < -0.3 is 5.73 Å². The molecule has 0 aromatic heterocycles. The molecule has 0 aliphatic carbocycles. The van der Waals surface area contributed by atoms with Crippen molar-refractivity contribution in [2.75, 3.05) is 0 Å². The maximum atomic E-state index is 10.3. The van der Waals surface area contributed by atoms with Gasteiger partial charge in [0.25, 0.3) is 5.91 Å². The summed E-state index contributed by atoms with van der Waals surface area (Å²) in [6, 6.07) is -0.655. The lowest BCUT2D eigenvalue weighted by Gasteiger charge is -2.22. The first kappa shape index (κ1) is 8.43. The first-order chi connectivity index (χ1) is 3.85. The van der Waals surface area contributed by atoms with Crippen molar-refractivity contribution in [3.8, 4) is 0 Å². The molecule has 0 aromatic rings. The highest BCUT2D eigenvalue weighted by Gasteiger charge is 2.25. The summed E-state index contributed by atoms with van der Waals surface area (Å²) >= 11 is 0. The minimum absolute atomic E-state index is 0.279. The second-order valence-corrected chi connectivity index (χ2v) is 3.21. The minimum atomic E-state index is -0.692. The van der Waals surface area contributed by atoms with Crippen molar-refractivity contribution in [2.45, 2.75) is 26.8 Å². The van der Waals surface area contributed by atoms with Gasteiger partial charge in [-0.3, -0.25) is 10.5 Å². The van der Waals surface area contributed by atoms with Crippen molar-refractivity contribution in [1.29, 1.82) is 0 Å². The van der Waals surface area contributed by atoms with Gasteiger partial charge in [0.15, 0.2) is 0 Å². The molecule has 0 saturated carbocycles. The summed E-state index contributed by atoms with van der Waals surface area (Å²) in [5.41, 5.74) is 11.8. The molecule has 0 fully saturated rings. The lowest BCUT2D eigenvalue weighted by atomic mass is 9.87. The Labute approximate surface area is 55.4 Å². The van der Waals surface area contributed by atoms with E-state index in [0.717, 1.165) is 0 Å². The molecule has 0 heterocycles. The monoisotopic (exact) mass is 129 g/mol. The van der Waals surface area contributed by atoms with E-state index in [4.69, 9.17) is 11.5 Å². The van der Waals surface area contributed by atoms with E-state index >= 15 is 0 Å². The lowest BCUT2D eigenvalue weighted by molar-refractivity contribution is -0.121. The van der Waals surface area contributed by atoms with Crippen LogP contribution in [0.4, 0.5) is 0 Å². The standard InChI is InChI=1S/C6H13N2O/c1-6(2,3)4(7)5(8)9/h4,8H,7H2,1-3H3. The Morgan fingerprint density at radius 3 is 1.89 bits per heavy atom. The summed E-state index contributed by atoms with van der Waals surface area (Å²) in [5.74, 6) is -0.692. The topological polar surface area (TPSA) is 66.9 Å². The van der Waals surface area contributed by atoms with E-state index < -0.39 is 11.9 Å². The average Bonchev–Trinajstić information content (AvgIpc) is 1.62. The molecule has 1 atom stereocenters. The van der Waals surface area contributed by atoms with Crippen LogP contribution in [0, 0.1) is 5.41 Å². The molecule has 0 aliphatic heterocycles. The molecule has 0 spiro atoms. The molecule has 0 bridgehead atoms. The normalized spacial score (nSPS) is 15.1. The predicted octanol–water partition coefficient (Wildman–Crippen LogP) is 0.169. The third kappa shape index (κ3) is 2.46. The van der Waals surface area contributed by atoms with Crippen LogP contribution in [0.2, 0.25) is 0 Å². The number of nitrogens with one attached hydrogen (secondary N) is 1. The Hall–Kier alpha value is -0.570. The molecule has 1 radical (unpaired) electrons. The van der Waals surface area contributed by atoms with Gasteiger partial charge in [-0.15, -0.1) is 0 Å². The van der Waals surface area contributed by atoms with Gasteiger partial charge in [-0.1, -0.05) is 20.8 Å². The molecule has 0 saturated heterocycles. The zero-order valence-electron chi connectivity index (χ0n) is 6.06. The Bertz CT molecular complexity index is 115. The maximum absolute atomic E-state index is 10.3. The van der Waals surface area contributed by atoms with Crippen LogP contribution in [0.15, 0.2) is 0 Å². The fourth-order valence-electron chi connectivity index (χ4n) is 0.393. The number of rotatable bonds is 1. The Morgan fingerprint density at radius 1 is 1.56 bits per heavy atom. The zero-order chi connectivity index (χ0) is 7.65. The number of carbonyl (C=O) groups is 1. The summed E-state index contributed by atoms with van der Waals surface area (Å²) in [6.07, 6.45) is 0. The van der Waals surface area contributed by atoms with Crippen LogP contribution in [0.5, 0.6) is 0 Å². The fraction of sp³-hybridized carbons (Fsp3) is 0.833. The molecule has 3 nitrogen and oxygen atoms in total. The molecule has 0 aliphatic rings. The van der Waals surface area contributed by atoms with Crippen LogP contribution < -0.4 is 11.5 Å². The number of hydrogen-bond acceptors (Lipinski definition) is 2. The predicted molar refractivity (Wildman–Crippen MR) is 35.5 cm³/mol. The Morgan fingerprint density at radius 2 is 1.89 bits per heavy atom. The summed E-state index contributed by atoms with van der Waals surface area (Å²) in [6.45, 7) is 5.51. The number of carbonyl (C=O) groups excluding carboxylic acids is 1. The fourth-order valence-corrected chi connectivity index (χ4v) is 0.393. The number of hydrogen-bond donors (Lipinski definition) is 1. The molecule has 3 N–H and O–H groups in total. The third-order valence-electron chi connectivity index (χ3n) is 1.22. The van der Waals surface area contributed by atoms with Crippen LogP contribution in [0.3, 0.4) is 0 Å². The van der Waals surface area contributed by atoms with E-state index in [1.165, 1.54) is 0 Å².